The van der Waals surface area contributed by atoms with E-state index in [9.17, 15) is 19.7 Å². The van der Waals surface area contributed by atoms with Crippen LogP contribution in [0.3, 0.4) is 0 Å². The molecule has 0 saturated heterocycles. The Morgan fingerprint density at radius 3 is 2.00 bits per heavy atom. The number of nitrogens with zero attached hydrogens (tertiary/aromatic N) is 1. The van der Waals surface area contributed by atoms with Gasteiger partial charge in [0.2, 0.25) is 6.54 Å². The minimum absolute atomic E-state index is 0.153. The molecule has 1 rings (SSSR count). The molecule has 8 heteroatoms. The standard InChI is InChI=1S/C15H19NO7/c1-21-12-6-4-10(5-7-12)8-11(9-16(19)20)13(14(17)22-2)15(18)23-3/h4-7,11,13H,8-9H2,1-3H3. The second-order valence-electron chi connectivity index (χ2n) is 4.85. The molecule has 0 fully saturated rings. The third-order valence-electron chi connectivity index (χ3n) is 3.42. The van der Waals surface area contributed by atoms with Crippen molar-refractivity contribution < 1.29 is 28.7 Å². The molecule has 0 aliphatic rings. The average molecular weight is 325 g/mol. The summed E-state index contributed by atoms with van der Waals surface area (Å²) in [6.45, 7) is -0.555. The fourth-order valence-corrected chi connectivity index (χ4v) is 2.28. The summed E-state index contributed by atoms with van der Waals surface area (Å²) in [5.41, 5.74) is 0.732. The number of hydrogen-bond donors (Lipinski definition) is 0. The number of esters is 2. The van der Waals surface area contributed by atoms with Crippen LogP contribution >= 0.6 is 0 Å². The Balaban J connectivity index is 3.06. The van der Waals surface area contributed by atoms with Gasteiger partial charge in [-0.05, 0) is 24.1 Å². The van der Waals surface area contributed by atoms with Crippen LogP contribution in [-0.4, -0.2) is 44.7 Å². The molecule has 0 aromatic heterocycles. The topological polar surface area (TPSA) is 105 Å². The zero-order chi connectivity index (χ0) is 17.4. The highest BCUT2D eigenvalue weighted by molar-refractivity contribution is 5.95. The molecule has 0 saturated carbocycles. The van der Waals surface area contributed by atoms with Crippen LogP contribution in [0.1, 0.15) is 5.56 Å². The van der Waals surface area contributed by atoms with Crippen molar-refractivity contribution in [2.75, 3.05) is 27.9 Å². The molecule has 1 unspecified atom stereocenters. The van der Waals surface area contributed by atoms with Crippen LogP contribution in [0.4, 0.5) is 0 Å². The molecular weight excluding hydrogens is 306 g/mol. The van der Waals surface area contributed by atoms with Gasteiger partial charge in [0.25, 0.3) is 0 Å². The molecule has 0 amide bonds. The SMILES string of the molecule is COC(=O)C(C(=O)OC)C(Cc1ccc(OC)cc1)C[N+](=O)[O-]. The summed E-state index contributed by atoms with van der Waals surface area (Å²) in [6, 6.07) is 6.84. The normalized spacial score (nSPS) is 11.7. The molecule has 0 heterocycles. The number of ether oxygens (including phenoxy) is 3. The first-order valence-electron chi connectivity index (χ1n) is 6.83. The summed E-state index contributed by atoms with van der Waals surface area (Å²) >= 11 is 0. The van der Waals surface area contributed by atoms with Crippen molar-refractivity contribution in [3.63, 3.8) is 0 Å². The molecule has 0 aliphatic carbocycles. The predicted molar refractivity (Wildman–Crippen MR) is 79.6 cm³/mol. The highest BCUT2D eigenvalue weighted by Crippen LogP contribution is 2.22. The van der Waals surface area contributed by atoms with Crippen molar-refractivity contribution in [3.05, 3.63) is 39.9 Å². The van der Waals surface area contributed by atoms with E-state index >= 15 is 0 Å². The Kier molecular flexibility index (Phi) is 6.98. The molecule has 1 atom stereocenters. The predicted octanol–water partition coefficient (Wildman–Crippen LogP) is 1.09. The van der Waals surface area contributed by atoms with Crippen molar-refractivity contribution in [1.29, 1.82) is 0 Å². The van der Waals surface area contributed by atoms with E-state index in [0.29, 0.717) is 5.75 Å². The lowest BCUT2D eigenvalue weighted by atomic mass is 9.86. The monoisotopic (exact) mass is 325 g/mol. The molecule has 0 spiro atoms. The number of benzene rings is 1. The van der Waals surface area contributed by atoms with Gasteiger partial charge in [-0.25, -0.2) is 0 Å². The van der Waals surface area contributed by atoms with Gasteiger partial charge in [-0.15, -0.1) is 0 Å². The quantitative estimate of drug-likeness (QED) is 0.305. The third kappa shape index (κ3) is 5.24. The number of nitro groups is 1. The first kappa shape index (κ1) is 18.4. The van der Waals surface area contributed by atoms with E-state index < -0.39 is 35.2 Å². The van der Waals surface area contributed by atoms with Crippen LogP contribution in [0.2, 0.25) is 0 Å². The molecule has 0 bridgehead atoms. The minimum atomic E-state index is -1.35. The Bertz CT molecular complexity index is 539. The van der Waals surface area contributed by atoms with Crippen LogP contribution in [0, 0.1) is 22.0 Å². The maximum Gasteiger partial charge on any atom is 0.320 e. The summed E-state index contributed by atoms with van der Waals surface area (Å²) in [5, 5.41) is 10.9. The van der Waals surface area contributed by atoms with Crippen LogP contribution in [0.25, 0.3) is 0 Å². The van der Waals surface area contributed by atoms with Crippen molar-refractivity contribution in [1.82, 2.24) is 0 Å². The molecule has 1 aromatic carbocycles. The maximum atomic E-state index is 11.9. The summed E-state index contributed by atoms with van der Waals surface area (Å²) in [5.74, 6) is -3.29. The average Bonchev–Trinajstić information content (AvgIpc) is 2.54. The highest BCUT2D eigenvalue weighted by Gasteiger charge is 2.39. The highest BCUT2D eigenvalue weighted by atomic mass is 16.6. The fraction of sp³-hybridized carbons (Fsp3) is 0.467. The van der Waals surface area contributed by atoms with Crippen LogP contribution in [0.15, 0.2) is 24.3 Å². The number of hydrogen-bond acceptors (Lipinski definition) is 7. The first-order valence-corrected chi connectivity index (χ1v) is 6.83. The molecule has 0 aliphatic heterocycles. The van der Waals surface area contributed by atoms with Crippen molar-refractivity contribution in [3.8, 4) is 5.75 Å². The van der Waals surface area contributed by atoms with Gasteiger partial charge in [-0.1, -0.05) is 12.1 Å². The van der Waals surface area contributed by atoms with E-state index in [1.807, 2.05) is 0 Å². The smallest absolute Gasteiger partial charge is 0.320 e. The van der Waals surface area contributed by atoms with E-state index in [1.54, 1.807) is 24.3 Å². The van der Waals surface area contributed by atoms with Gasteiger partial charge in [-0.2, -0.15) is 0 Å². The Labute approximate surface area is 133 Å². The second kappa shape index (κ2) is 8.72. The minimum Gasteiger partial charge on any atom is -0.497 e. The van der Waals surface area contributed by atoms with E-state index in [2.05, 4.69) is 9.47 Å². The van der Waals surface area contributed by atoms with Gasteiger partial charge < -0.3 is 14.2 Å². The van der Waals surface area contributed by atoms with Crippen molar-refractivity contribution >= 4 is 11.9 Å². The summed E-state index contributed by atoms with van der Waals surface area (Å²) in [6.07, 6.45) is 0.153. The number of methoxy groups -OCH3 is 3. The number of carbonyl (C=O) groups excluding carboxylic acids is 2. The first-order chi connectivity index (χ1) is 10.9. The van der Waals surface area contributed by atoms with E-state index in [-0.39, 0.29) is 6.42 Å². The Hall–Kier alpha value is -2.64. The number of rotatable bonds is 8. The van der Waals surface area contributed by atoms with Crippen LogP contribution in [0.5, 0.6) is 5.75 Å². The van der Waals surface area contributed by atoms with Crippen LogP contribution in [-0.2, 0) is 25.5 Å². The molecule has 0 radical (unpaired) electrons. The molecule has 0 N–H and O–H groups in total. The molecular formula is C15H19NO7. The lowest BCUT2D eigenvalue weighted by molar-refractivity contribution is -0.489. The fourth-order valence-electron chi connectivity index (χ4n) is 2.28. The molecule has 23 heavy (non-hydrogen) atoms. The third-order valence-corrected chi connectivity index (χ3v) is 3.42. The lowest BCUT2D eigenvalue weighted by Crippen LogP contribution is -2.38. The molecule has 1 aromatic rings. The maximum absolute atomic E-state index is 11.9. The zero-order valence-electron chi connectivity index (χ0n) is 13.2. The Morgan fingerprint density at radius 2 is 1.61 bits per heavy atom. The van der Waals surface area contributed by atoms with Gasteiger partial charge in [0, 0.05) is 4.92 Å². The summed E-state index contributed by atoms with van der Waals surface area (Å²) in [7, 11) is 3.76. The van der Waals surface area contributed by atoms with Crippen LogP contribution < -0.4 is 4.74 Å². The van der Waals surface area contributed by atoms with E-state index in [0.717, 1.165) is 19.8 Å². The molecule has 8 nitrogen and oxygen atoms in total. The number of carbonyl (C=O) groups is 2. The summed E-state index contributed by atoms with van der Waals surface area (Å²) in [4.78, 5) is 34.1. The van der Waals surface area contributed by atoms with Crippen molar-refractivity contribution in [2.45, 2.75) is 6.42 Å². The summed E-state index contributed by atoms with van der Waals surface area (Å²) < 4.78 is 14.2. The lowest BCUT2D eigenvalue weighted by Gasteiger charge is -2.20. The largest absolute Gasteiger partial charge is 0.497 e. The molecule has 126 valence electrons. The zero-order valence-corrected chi connectivity index (χ0v) is 13.2. The van der Waals surface area contributed by atoms with Gasteiger partial charge in [-0.3, -0.25) is 19.7 Å². The van der Waals surface area contributed by atoms with Gasteiger partial charge in [0.1, 0.15) is 5.75 Å². The van der Waals surface area contributed by atoms with E-state index in [1.165, 1.54) is 7.11 Å². The van der Waals surface area contributed by atoms with Gasteiger partial charge >= 0.3 is 11.9 Å². The van der Waals surface area contributed by atoms with Crippen molar-refractivity contribution in [2.24, 2.45) is 11.8 Å². The van der Waals surface area contributed by atoms with Gasteiger partial charge in [0.15, 0.2) is 5.92 Å². The van der Waals surface area contributed by atoms with Gasteiger partial charge in [0.05, 0.1) is 27.2 Å². The Morgan fingerprint density at radius 1 is 1.09 bits per heavy atom. The second-order valence-corrected chi connectivity index (χ2v) is 4.85. The van der Waals surface area contributed by atoms with E-state index in [4.69, 9.17) is 4.74 Å².